The number of hydrogen-bond acceptors (Lipinski definition) is 3. The molecule has 2 rings (SSSR count). The maximum Gasteiger partial charge on any atom is 0.346 e. The second-order valence-corrected chi connectivity index (χ2v) is 4.24. The third-order valence-corrected chi connectivity index (χ3v) is 3.03. The maximum atomic E-state index is 13.3. The molecule has 1 N–H and O–H groups in total. The van der Waals surface area contributed by atoms with Crippen LogP contribution in [0.5, 0.6) is 5.75 Å². The number of halogens is 1. The first-order valence-electron chi connectivity index (χ1n) is 4.85. The second kappa shape index (κ2) is 4.97. The van der Waals surface area contributed by atoms with Crippen LogP contribution < -0.4 is 4.74 Å². The minimum Gasteiger partial charge on any atom is -0.488 e. The Labute approximate surface area is 101 Å². The van der Waals surface area contributed by atoms with Gasteiger partial charge in [-0.2, -0.15) is 0 Å². The molecular formula is C12H9FO3S. The quantitative estimate of drug-likeness (QED) is 0.909. The van der Waals surface area contributed by atoms with Crippen molar-refractivity contribution < 1.29 is 19.0 Å². The van der Waals surface area contributed by atoms with Crippen LogP contribution in [0.25, 0.3) is 0 Å². The van der Waals surface area contributed by atoms with Crippen LogP contribution in [-0.4, -0.2) is 11.1 Å². The van der Waals surface area contributed by atoms with Gasteiger partial charge in [0, 0.05) is 17.0 Å². The van der Waals surface area contributed by atoms with Gasteiger partial charge in [-0.15, -0.1) is 11.3 Å². The standard InChI is InChI=1S/C12H9FO3S/c13-10-4-2-1-3-8(10)6-16-9-5-11(12(14)15)17-7-9/h1-5,7H,6H2,(H,14,15). The fraction of sp³-hybridized carbons (Fsp3) is 0.0833. The topological polar surface area (TPSA) is 46.5 Å². The molecule has 0 radical (unpaired) electrons. The molecule has 1 aromatic heterocycles. The Morgan fingerprint density at radius 2 is 2.18 bits per heavy atom. The van der Waals surface area contributed by atoms with Crippen molar-refractivity contribution in [3.05, 3.63) is 52.0 Å². The van der Waals surface area contributed by atoms with E-state index in [1.807, 2.05) is 0 Å². The lowest BCUT2D eigenvalue weighted by atomic mass is 10.2. The number of benzene rings is 1. The molecule has 1 heterocycles. The van der Waals surface area contributed by atoms with Crippen LogP contribution in [0.4, 0.5) is 4.39 Å². The van der Waals surface area contributed by atoms with Crippen LogP contribution in [0.15, 0.2) is 35.7 Å². The summed E-state index contributed by atoms with van der Waals surface area (Å²) in [5, 5.41) is 10.3. The Kier molecular flexibility index (Phi) is 3.39. The van der Waals surface area contributed by atoms with Gasteiger partial charge in [0.2, 0.25) is 0 Å². The molecular weight excluding hydrogens is 243 g/mol. The molecule has 3 nitrogen and oxygen atoms in total. The van der Waals surface area contributed by atoms with E-state index in [0.29, 0.717) is 11.3 Å². The highest BCUT2D eigenvalue weighted by atomic mass is 32.1. The van der Waals surface area contributed by atoms with E-state index in [2.05, 4.69) is 0 Å². The van der Waals surface area contributed by atoms with E-state index in [-0.39, 0.29) is 17.3 Å². The first-order chi connectivity index (χ1) is 8.16. The lowest BCUT2D eigenvalue weighted by Crippen LogP contribution is -1.97. The SMILES string of the molecule is O=C(O)c1cc(OCc2ccccc2F)cs1. The Hall–Kier alpha value is -1.88. The fourth-order valence-electron chi connectivity index (χ4n) is 1.28. The van der Waals surface area contributed by atoms with Gasteiger partial charge in [0.15, 0.2) is 0 Å². The highest BCUT2D eigenvalue weighted by molar-refractivity contribution is 7.12. The van der Waals surface area contributed by atoms with E-state index < -0.39 is 5.97 Å². The molecule has 0 aliphatic carbocycles. The van der Waals surface area contributed by atoms with Gasteiger partial charge in [-0.3, -0.25) is 0 Å². The van der Waals surface area contributed by atoms with Gasteiger partial charge in [-0.05, 0) is 6.07 Å². The summed E-state index contributed by atoms with van der Waals surface area (Å²) in [6.07, 6.45) is 0. The van der Waals surface area contributed by atoms with Gasteiger partial charge in [-0.1, -0.05) is 18.2 Å². The lowest BCUT2D eigenvalue weighted by molar-refractivity contribution is 0.0702. The van der Waals surface area contributed by atoms with Gasteiger partial charge in [0.1, 0.15) is 23.1 Å². The number of carboxylic acids is 1. The van der Waals surface area contributed by atoms with Crippen LogP contribution in [0.1, 0.15) is 15.2 Å². The van der Waals surface area contributed by atoms with Crippen molar-refractivity contribution in [2.75, 3.05) is 0 Å². The summed E-state index contributed by atoms with van der Waals surface area (Å²) in [6, 6.07) is 7.73. The average Bonchev–Trinajstić information content (AvgIpc) is 2.77. The Bertz CT molecular complexity index is 536. The van der Waals surface area contributed by atoms with Crippen LogP contribution in [-0.2, 0) is 6.61 Å². The van der Waals surface area contributed by atoms with Crippen LogP contribution in [0.2, 0.25) is 0 Å². The third kappa shape index (κ3) is 2.82. The number of aromatic carboxylic acids is 1. The van der Waals surface area contributed by atoms with E-state index >= 15 is 0 Å². The summed E-state index contributed by atoms with van der Waals surface area (Å²) in [4.78, 5) is 10.8. The highest BCUT2D eigenvalue weighted by Crippen LogP contribution is 2.22. The van der Waals surface area contributed by atoms with Crippen LogP contribution in [0, 0.1) is 5.82 Å². The van der Waals surface area contributed by atoms with Crippen molar-refractivity contribution in [2.45, 2.75) is 6.61 Å². The minimum atomic E-state index is -0.990. The van der Waals surface area contributed by atoms with Gasteiger partial charge in [-0.25, -0.2) is 9.18 Å². The summed E-state index contributed by atoms with van der Waals surface area (Å²) in [7, 11) is 0. The first kappa shape index (κ1) is 11.6. The zero-order valence-corrected chi connectivity index (χ0v) is 9.54. The first-order valence-corrected chi connectivity index (χ1v) is 5.73. The number of ether oxygens (including phenoxy) is 1. The third-order valence-electron chi connectivity index (χ3n) is 2.14. The molecule has 17 heavy (non-hydrogen) atoms. The summed E-state index contributed by atoms with van der Waals surface area (Å²) >= 11 is 1.08. The molecule has 0 amide bonds. The molecule has 0 unspecified atom stereocenters. The van der Waals surface area contributed by atoms with E-state index in [4.69, 9.17) is 9.84 Å². The molecule has 0 bridgehead atoms. The molecule has 0 saturated carbocycles. The largest absolute Gasteiger partial charge is 0.488 e. The monoisotopic (exact) mass is 252 g/mol. The minimum absolute atomic E-state index is 0.0858. The number of hydrogen-bond donors (Lipinski definition) is 1. The molecule has 2 aromatic rings. The van der Waals surface area contributed by atoms with E-state index in [0.717, 1.165) is 11.3 Å². The van der Waals surface area contributed by atoms with Crippen molar-refractivity contribution in [3.63, 3.8) is 0 Å². The molecule has 0 fully saturated rings. The molecule has 0 saturated heterocycles. The van der Waals surface area contributed by atoms with Gasteiger partial charge < -0.3 is 9.84 Å². The normalized spacial score (nSPS) is 10.2. The van der Waals surface area contributed by atoms with Gasteiger partial charge in [0.25, 0.3) is 0 Å². The van der Waals surface area contributed by atoms with E-state index in [9.17, 15) is 9.18 Å². The Balaban J connectivity index is 2.02. The molecule has 0 atom stereocenters. The number of carbonyl (C=O) groups is 1. The summed E-state index contributed by atoms with van der Waals surface area (Å²) in [5.74, 6) is -0.882. The van der Waals surface area contributed by atoms with Gasteiger partial charge in [0.05, 0.1) is 0 Å². The Morgan fingerprint density at radius 1 is 1.41 bits per heavy atom. The zero-order chi connectivity index (χ0) is 12.3. The average molecular weight is 252 g/mol. The van der Waals surface area contributed by atoms with Crippen LogP contribution in [0.3, 0.4) is 0 Å². The number of carboxylic acid groups (broad SMARTS) is 1. The van der Waals surface area contributed by atoms with E-state index in [1.165, 1.54) is 12.1 Å². The van der Waals surface area contributed by atoms with E-state index in [1.54, 1.807) is 23.6 Å². The summed E-state index contributed by atoms with van der Waals surface area (Å²) < 4.78 is 18.6. The molecule has 88 valence electrons. The number of thiophene rings is 1. The second-order valence-electron chi connectivity index (χ2n) is 3.33. The summed E-state index contributed by atoms with van der Waals surface area (Å²) in [6.45, 7) is 0.0858. The molecule has 1 aromatic carbocycles. The predicted molar refractivity (Wildman–Crippen MR) is 62.0 cm³/mol. The van der Waals surface area contributed by atoms with Crippen molar-refractivity contribution in [1.82, 2.24) is 0 Å². The Morgan fingerprint density at radius 3 is 2.82 bits per heavy atom. The zero-order valence-electron chi connectivity index (χ0n) is 8.72. The highest BCUT2D eigenvalue weighted by Gasteiger charge is 2.08. The molecule has 0 aliphatic heterocycles. The maximum absolute atomic E-state index is 13.3. The van der Waals surface area contributed by atoms with Crippen LogP contribution >= 0.6 is 11.3 Å². The fourth-order valence-corrected chi connectivity index (χ4v) is 1.95. The van der Waals surface area contributed by atoms with Crippen molar-refractivity contribution >= 4 is 17.3 Å². The molecule has 0 spiro atoms. The van der Waals surface area contributed by atoms with Crippen molar-refractivity contribution in [1.29, 1.82) is 0 Å². The number of rotatable bonds is 4. The smallest absolute Gasteiger partial charge is 0.346 e. The predicted octanol–water partition coefficient (Wildman–Crippen LogP) is 3.16. The van der Waals surface area contributed by atoms with Crippen molar-refractivity contribution in [3.8, 4) is 5.75 Å². The summed E-state index contributed by atoms with van der Waals surface area (Å²) in [5.41, 5.74) is 0.440. The molecule has 0 aliphatic rings. The lowest BCUT2D eigenvalue weighted by Gasteiger charge is -2.04. The van der Waals surface area contributed by atoms with Gasteiger partial charge >= 0.3 is 5.97 Å². The van der Waals surface area contributed by atoms with Crippen molar-refractivity contribution in [2.24, 2.45) is 0 Å². The molecule has 5 heteroatoms.